The van der Waals surface area contributed by atoms with E-state index in [2.05, 4.69) is 0 Å². The van der Waals surface area contributed by atoms with Crippen LogP contribution in [0.5, 0.6) is 5.75 Å². The first-order valence-corrected chi connectivity index (χ1v) is 9.15. The maximum Gasteiger partial charge on any atom is 0.309 e. The van der Waals surface area contributed by atoms with Crippen molar-refractivity contribution < 1.29 is 22.7 Å². The van der Waals surface area contributed by atoms with Crippen molar-refractivity contribution in [1.29, 1.82) is 0 Å². The number of hydrogen-bond donors (Lipinski definition) is 0. The predicted octanol–water partition coefficient (Wildman–Crippen LogP) is 1.97. The lowest BCUT2D eigenvalue weighted by Gasteiger charge is -2.30. The Bertz CT molecular complexity index is 663. The van der Waals surface area contributed by atoms with Gasteiger partial charge in [-0.25, -0.2) is 8.42 Å². The van der Waals surface area contributed by atoms with Crippen LogP contribution in [0, 0.1) is 12.8 Å². The summed E-state index contributed by atoms with van der Waals surface area (Å²) in [5, 5.41) is 0. The number of ether oxygens (including phenoxy) is 2. The molecule has 0 atom stereocenters. The Hall–Kier alpha value is -1.60. The molecule has 1 aromatic rings. The summed E-state index contributed by atoms with van der Waals surface area (Å²) < 4.78 is 37.3. The molecule has 1 fully saturated rings. The molecule has 1 heterocycles. The molecule has 0 radical (unpaired) electrons. The lowest BCUT2D eigenvalue weighted by Crippen LogP contribution is -2.40. The summed E-state index contributed by atoms with van der Waals surface area (Å²) in [5.41, 5.74) is 0.853. The Balaban J connectivity index is 2.16. The summed E-state index contributed by atoms with van der Waals surface area (Å²) in [6.07, 6.45) is 0.957. The Morgan fingerprint density at radius 2 is 1.96 bits per heavy atom. The van der Waals surface area contributed by atoms with E-state index >= 15 is 0 Å². The zero-order valence-corrected chi connectivity index (χ0v) is 14.6. The zero-order chi connectivity index (χ0) is 17.0. The second kappa shape index (κ2) is 7.31. The van der Waals surface area contributed by atoms with Gasteiger partial charge in [-0.3, -0.25) is 4.79 Å². The van der Waals surface area contributed by atoms with Gasteiger partial charge in [0, 0.05) is 13.1 Å². The van der Waals surface area contributed by atoms with Crippen molar-refractivity contribution in [1.82, 2.24) is 4.31 Å². The molecule has 1 aromatic carbocycles. The number of rotatable bonds is 5. The van der Waals surface area contributed by atoms with Gasteiger partial charge in [-0.1, -0.05) is 6.07 Å². The van der Waals surface area contributed by atoms with E-state index in [1.54, 1.807) is 19.1 Å². The molecular weight excluding hydrogens is 318 g/mol. The third-order valence-corrected chi connectivity index (χ3v) is 5.93. The molecule has 23 heavy (non-hydrogen) atoms. The average Bonchev–Trinajstić information content (AvgIpc) is 2.55. The van der Waals surface area contributed by atoms with E-state index in [0.717, 1.165) is 5.56 Å². The molecule has 1 aliphatic heterocycles. The van der Waals surface area contributed by atoms with Gasteiger partial charge in [0.05, 0.1) is 19.6 Å². The molecule has 2 rings (SSSR count). The van der Waals surface area contributed by atoms with E-state index in [-0.39, 0.29) is 16.8 Å². The van der Waals surface area contributed by atoms with E-state index < -0.39 is 10.0 Å². The number of aryl methyl sites for hydroxylation is 1. The van der Waals surface area contributed by atoms with Gasteiger partial charge in [-0.15, -0.1) is 0 Å². The molecule has 0 aromatic heterocycles. The minimum Gasteiger partial charge on any atom is -0.495 e. The van der Waals surface area contributed by atoms with Crippen LogP contribution < -0.4 is 4.74 Å². The van der Waals surface area contributed by atoms with Gasteiger partial charge in [0.25, 0.3) is 0 Å². The first kappa shape index (κ1) is 17.7. The Morgan fingerprint density at radius 1 is 1.30 bits per heavy atom. The molecule has 1 saturated heterocycles. The van der Waals surface area contributed by atoms with Crippen molar-refractivity contribution in [2.24, 2.45) is 5.92 Å². The summed E-state index contributed by atoms with van der Waals surface area (Å²) in [7, 11) is -2.18. The fourth-order valence-electron chi connectivity index (χ4n) is 2.72. The van der Waals surface area contributed by atoms with Crippen LogP contribution in [0.1, 0.15) is 25.3 Å². The van der Waals surface area contributed by atoms with Gasteiger partial charge < -0.3 is 9.47 Å². The number of carbonyl (C=O) groups is 1. The highest BCUT2D eigenvalue weighted by Crippen LogP contribution is 2.30. The van der Waals surface area contributed by atoms with Crippen LogP contribution >= 0.6 is 0 Å². The SMILES string of the molecule is CCOC(=O)C1CCN(S(=O)(=O)c2cc(C)ccc2OC)CC1. The van der Waals surface area contributed by atoms with Crippen LogP contribution in [0.2, 0.25) is 0 Å². The lowest BCUT2D eigenvalue weighted by molar-refractivity contribution is -0.149. The highest BCUT2D eigenvalue weighted by Gasteiger charge is 2.34. The second-order valence-electron chi connectivity index (χ2n) is 5.58. The monoisotopic (exact) mass is 341 g/mol. The van der Waals surface area contributed by atoms with Crippen molar-refractivity contribution in [3.05, 3.63) is 23.8 Å². The molecule has 7 heteroatoms. The third kappa shape index (κ3) is 3.84. The number of sulfonamides is 1. The fraction of sp³-hybridized carbons (Fsp3) is 0.562. The molecule has 0 aliphatic carbocycles. The molecule has 128 valence electrons. The van der Waals surface area contributed by atoms with Crippen molar-refractivity contribution >= 4 is 16.0 Å². The number of hydrogen-bond acceptors (Lipinski definition) is 5. The summed E-state index contributed by atoms with van der Waals surface area (Å²) >= 11 is 0. The van der Waals surface area contributed by atoms with Crippen LogP contribution in [-0.4, -0.2) is 45.5 Å². The average molecular weight is 341 g/mol. The summed E-state index contributed by atoms with van der Waals surface area (Å²) in [6, 6.07) is 5.09. The van der Waals surface area contributed by atoms with Gasteiger partial charge in [0.1, 0.15) is 10.6 Å². The van der Waals surface area contributed by atoms with E-state index in [1.165, 1.54) is 11.4 Å². The Kier molecular flexibility index (Phi) is 5.64. The van der Waals surface area contributed by atoms with Crippen LogP contribution in [0.15, 0.2) is 23.1 Å². The van der Waals surface area contributed by atoms with Gasteiger partial charge in [0.2, 0.25) is 10.0 Å². The quantitative estimate of drug-likeness (QED) is 0.766. The van der Waals surface area contributed by atoms with Gasteiger partial charge in [-0.05, 0) is 44.4 Å². The maximum absolute atomic E-state index is 12.9. The minimum atomic E-state index is -3.63. The van der Waals surface area contributed by atoms with E-state index in [9.17, 15) is 13.2 Å². The Labute approximate surface area is 137 Å². The lowest BCUT2D eigenvalue weighted by atomic mass is 9.98. The van der Waals surface area contributed by atoms with Gasteiger partial charge >= 0.3 is 5.97 Å². The topological polar surface area (TPSA) is 72.9 Å². The van der Waals surface area contributed by atoms with Crippen molar-refractivity contribution in [3.8, 4) is 5.75 Å². The predicted molar refractivity (Wildman–Crippen MR) is 85.8 cm³/mol. The van der Waals surface area contributed by atoms with Crippen LogP contribution in [0.25, 0.3) is 0 Å². The van der Waals surface area contributed by atoms with Crippen molar-refractivity contribution in [2.75, 3.05) is 26.8 Å². The molecule has 0 bridgehead atoms. The van der Waals surface area contributed by atoms with E-state index in [0.29, 0.717) is 38.3 Å². The van der Waals surface area contributed by atoms with Gasteiger partial charge in [-0.2, -0.15) is 4.31 Å². The number of nitrogens with zero attached hydrogens (tertiary/aromatic N) is 1. The first-order valence-electron chi connectivity index (χ1n) is 7.71. The maximum atomic E-state index is 12.9. The van der Waals surface area contributed by atoms with E-state index in [4.69, 9.17) is 9.47 Å². The van der Waals surface area contributed by atoms with Gasteiger partial charge in [0.15, 0.2) is 0 Å². The summed E-state index contributed by atoms with van der Waals surface area (Å²) in [5.74, 6) is -0.124. The highest BCUT2D eigenvalue weighted by atomic mass is 32.2. The smallest absolute Gasteiger partial charge is 0.309 e. The van der Waals surface area contributed by atoms with E-state index in [1.807, 2.05) is 13.0 Å². The zero-order valence-electron chi connectivity index (χ0n) is 13.7. The van der Waals surface area contributed by atoms with Crippen molar-refractivity contribution in [2.45, 2.75) is 31.6 Å². The molecule has 0 N–H and O–H groups in total. The number of methoxy groups -OCH3 is 1. The number of carbonyl (C=O) groups excluding carboxylic acids is 1. The van der Waals surface area contributed by atoms with Crippen LogP contribution in [0.3, 0.4) is 0 Å². The summed E-state index contributed by atoms with van der Waals surface area (Å²) in [6.45, 7) is 4.57. The standard InChI is InChI=1S/C16H23NO5S/c1-4-22-16(18)13-7-9-17(10-8-13)23(19,20)15-11-12(2)5-6-14(15)21-3/h5-6,11,13H,4,7-10H2,1-3H3. The molecule has 6 nitrogen and oxygen atoms in total. The second-order valence-corrected chi connectivity index (χ2v) is 7.49. The molecule has 0 spiro atoms. The molecule has 0 saturated carbocycles. The fourth-order valence-corrected chi connectivity index (χ4v) is 4.43. The Morgan fingerprint density at radius 3 is 2.52 bits per heavy atom. The number of piperidine rings is 1. The first-order chi connectivity index (χ1) is 10.9. The van der Waals surface area contributed by atoms with Crippen molar-refractivity contribution in [3.63, 3.8) is 0 Å². The third-order valence-electron chi connectivity index (χ3n) is 4.01. The molecule has 0 amide bonds. The molecule has 0 unspecified atom stereocenters. The normalized spacial score (nSPS) is 17.0. The summed E-state index contributed by atoms with van der Waals surface area (Å²) in [4.78, 5) is 11.9. The largest absolute Gasteiger partial charge is 0.495 e. The number of benzene rings is 1. The highest BCUT2D eigenvalue weighted by molar-refractivity contribution is 7.89. The minimum absolute atomic E-state index is 0.176. The van der Waals surface area contributed by atoms with Crippen LogP contribution in [-0.2, 0) is 19.6 Å². The van der Waals surface area contributed by atoms with Crippen LogP contribution in [0.4, 0.5) is 0 Å². The number of esters is 1. The molecular formula is C16H23NO5S. The molecule has 1 aliphatic rings.